The zero-order chi connectivity index (χ0) is 21.1. The van der Waals surface area contributed by atoms with Gasteiger partial charge in [0.2, 0.25) is 0 Å². The van der Waals surface area contributed by atoms with Gasteiger partial charge in [-0.05, 0) is 47.5 Å². The first-order valence-corrected chi connectivity index (χ1v) is 9.08. The normalized spacial score (nSPS) is 10.5. The molecule has 0 bridgehead atoms. The lowest BCUT2D eigenvalue weighted by atomic mass is 10.00. The number of rotatable bonds is 5. The van der Waals surface area contributed by atoms with Gasteiger partial charge in [0.1, 0.15) is 0 Å². The number of nitrogens with zero attached hydrogens (tertiary/aromatic N) is 3. The summed E-state index contributed by atoms with van der Waals surface area (Å²) >= 11 is 0. The molecule has 30 heavy (non-hydrogen) atoms. The highest BCUT2D eigenvalue weighted by molar-refractivity contribution is 5.77. The van der Waals surface area contributed by atoms with Crippen molar-refractivity contribution in [3.63, 3.8) is 0 Å². The van der Waals surface area contributed by atoms with Gasteiger partial charge in [0.25, 0.3) is 11.4 Å². The lowest BCUT2D eigenvalue weighted by Gasteiger charge is -2.10. The first kappa shape index (κ1) is 18.9. The molecular weight excluding hydrogens is 382 g/mol. The van der Waals surface area contributed by atoms with Gasteiger partial charge in [-0.25, -0.2) is 4.98 Å². The molecule has 0 N–H and O–H groups in total. The summed E-state index contributed by atoms with van der Waals surface area (Å²) in [5.41, 5.74) is 4.71. The maximum absolute atomic E-state index is 10.9. The van der Waals surface area contributed by atoms with Crippen molar-refractivity contribution < 1.29 is 9.85 Å². The number of hydrogen-bond acceptors (Lipinski definition) is 5. The molecule has 4 rings (SSSR count). The van der Waals surface area contributed by atoms with Gasteiger partial charge in [0.05, 0.1) is 21.2 Å². The number of nitro benzene ring substituents is 2. The van der Waals surface area contributed by atoms with Crippen molar-refractivity contribution in [1.29, 1.82) is 0 Å². The zero-order valence-electron chi connectivity index (χ0n) is 15.6. The minimum Gasteiger partial charge on any atom is -0.258 e. The van der Waals surface area contributed by atoms with Crippen molar-refractivity contribution in [3.05, 3.63) is 111 Å². The molecule has 0 fully saturated rings. The molecule has 0 radical (unpaired) electrons. The van der Waals surface area contributed by atoms with Crippen molar-refractivity contribution in [2.75, 3.05) is 0 Å². The molecule has 3 aromatic carbocycles. The van der Waals surface area contributed by atoms with Crippen LogP contribution in [-0.2, 0) is 0 Å². The summed E-state index contributed by atoms with van der Waals surface area (Å²) in [7, 11) is 0. The molecule has 0 saturated heterocycles. The molecule has 0 saturated carbocycles. The molecule has 4 aromatic rings. The Morgan fingerprint density at radius 1 is 0.533 bits per heavy atom. The Bertz CT molecular complexity index is 1150. The number of non-ortho nitro benzene ring substituents is 2. The third kappa shape index (κ3) is 3.90. The number of nitro groups is 2. The molecule has 146 valence electrons. The van der Waals surface area contributed by atoms with Gasteiger partial charge in [0.15, 0.2) is 0 Å². The van der Waals surface area contributed by atoms with E-state index in [0.717, 1.165) is 22.3 Å². The van der Waals surface area contributed by atoms with Crippen LogP contribution in [0.5, 0.6) is 0 Å². The lowest BCUT2D eigenvalue weighted by molar-refractivity contribution is -0.385. The maximum atomic E-state index is 10.9. The highest BCUT2D eigenvalue weighted by Crippen LogP contribution is 2.31. The molecule has 0 spiro atoms. The van der Waals surface area contributed by atoms with Crippen LogP contribution in [0.2, 0.25) is 0 Å². The smallest absolute Gasteiger partial charge is 0.258 e. The van der Waals surface area contributed by atoms with Crippen LogP contribution in [0.25, 0.3) is 33.6 Å². The SMILES string of the molecule is O=[N+]([O-])c1ccc(-c2cc(-c3ccccc3)cc(-c3ccc([N+](=O)[O-])cc3)n2)cc1. The predicted octanol–water partition coefficient (Wildman–Crippen LogP) is 5.90. The van der Waals surface area contributed by atoms with E-state index in [1.54, 1.807) is 24.3 Å². The molecular formula is C23H15N3O4. The van der Waals surface area contributed by atoms with Gasteiger partial charge in [-0.1, -0.05) is 30.3 Å². The van der Waals surface area contributed by atoms with Gasteiger partial charge < -0.3 is 0 Å². The highest BCUT2D eigenvalue weighted by atomic mass is 16.6. The monoisotopic (exact) mass is 397 g/mol. The largest absolute Gasteiger partial charge is 0.269 e. The fourth-order valence-corrected chi connectivity index (χ4v) is 3.13. The third-order valence-corrected chi connectivity index (χ3v) is 4.68. The van der Waals surface area contributed by atoms with E-state index in [-0.39, 0.29) is 11.4 Å². The summed E-state index contributed by atoms with van der Waals surface area (Å²) in [4.78, 5) is 25.7. The maximum Gasteiger partial charge on any atom is 0.269 e. The van der Waals surface area contributed by atoms with Gasteiger partial charge in [0, 0.05) is 35.4 Å². The van der Waals surface area contributed by atoms with Crippen molar-refractivity contribution >= 4 is 11.4 Å². The van der Waals surface area contributed by atoms with Crippen molar-refractivity contribution in [2.24, 2.45) is 0 Å². The molecule has 1 heterocycles. The molecule has 0 unspecified atom stereocenters. The number of pyridine rings is 1. The van der Waals surface area contributed by atoms with Crippen LogP contribution in [-0.4, -0.2) is 14.8 Å². The molecule has 0 aliphatic heterocycles. The van der Waals surface area contributed by atoms with E-state index in [1.807, 2.05) is 42.5 Å². The second kappa shape index (κ2) is 7.92. The Morgan fingerprint density at radius 3 is 1.37 bits per heavy atom. The number of benzene rings is 3. The van der Waals surface area contributed by atoms with E-state index in [9.17, 15) is 20.2 Å². The number of hydrogen-bond donors (Lipinski definition) is 0. The molecule has 0 atom stereocenters. The Kier molecular flexibility index (Phi) is 5.00. The minimum absolute atomic E-state index is 0.00792. The summed E-state index contributed by atoms with van der Waals surface area (Å²) in [6.07, 6.45) is 0. The second-order valence-electron chi connectivity index (χ2n) is 6.60. The van der Waals surface area contributed by atoms with Crippen LogP contribution < -0.4 is 0 Å². The third-order valence-electron chi connectivity index (χ3n) is 4.68. The molecule has 0 amide bonds. The minimum atomic E-state index is -0.445. The fraction of sp³-hybridized carbons (Fsp3) is 0. The van der Waals surface area contributed by atoms with E-state index in [4.69, 9.17) is 4.98 Å². The average molecular weight is 397 g/mol. The van der Waals surface area contributed by atoms with Crippen molar-refractivity contribution in [2.45, 2.75) is 0 Å². The van der Waals surface area contributed by atoms with Crippen LogP contribution in [0, 0.1) is 20.2 Å². The van der Waals surface area contributed by atoms with E-state index in [1.165, 1.54) is 24.3 Å². The van der Waals surface area contributed by atoms with Crippen LogP contribution in [0.3, 0.4) is 0 Å². The van der Waals surface area contributed by atoms with Crippen LogP contribution in [0.15, 0.2) is 91.0 Å². The van der Waals surface area contributed by atoms with Gasteiger partial charge in [-0.2, -0.15) is 0 Å². The predicted molar refractivity (Wildman–Crippen MR) is 114 cm³/mol. The highest BCUT2D eigenvalue weighted by Gasteiger charge is 2.12. The summed E-state index contributed by atoms with van der Waals surface area (Å²) in [5.74, 6) is 0. The lowest BCUT2D eigenvalue weighted by Crippen LogP contribution is -1.93. The standard InChI is InChI=1S/C23H15N3O4/c27-25(28)20-10-6-17(7-11-20)22-14-19(16-4-2-1-3-5-16)15-23(24-22)18-8-12-21(13-9-18)26(29)30/h1-15H. The second-order valence-corrected chi connectivity index (χ2v) is 6.60. The van der Waals surface area contributed by atoms with Gasteiger partial charge in [-0.15, -0.1) is 0 Å². The fourth-order valence-electron chi connectivity index (χ4n) is 3.13. The summed E-state index contributed by atoms with van der Waals surface area (Å²) in [6.45, 7) is 0. The summed E-state index contributed by atoms with van der Waals surface area (Å²) < 4.78 is 0. The van der Waals surface area contributed by atoms with Crippen molar-refractivity contribution in [1.82, 2.24) is 4.98 Å². The van der Waals surface area contributed by atoms with E-state index >= 15 is 0 Å². The van der Waals surface area contributed by atoms with Crippen LogP contribution in [0.1, 0.15) is 0 Å². The Labute approximate surface area is 171 Å². The average Bonchev–Trinajstić information content (AvgIpc) is 2.79. The Hall–Kier alpha value is -4.39. The molecule has 0 aliphatic rings. The van der Waals surface area contributed by atoms with Gasteiger partial charge in [-0.3, -0.25) is 20.2 Å². The Morgan fingerprint density at radius 2 is 0.967 bits per heavy atom. The molecule has 7 nitrogen and oxygen atoms in total. The van der Waals surface area contributed by atoms with Crippen molar-refractivity contribution in [3.8, 4) is 33.6 Å². The van der Waals surface area contributed by atoms with E-state index in [2.05, 4.69) is 0 Å². The first-order valence-electron chi connectivity index (χ1n) is 9.08. The van der Waals surface area contributed by atoms with E-state index in [0.29, 0.717) is 11.4 Å². The quantitative estimate of drug-likeness (QED) is 0.308. The van der Waals surface area contributed by atoms with E-state index < -0.39 is 9.85 Å². The molecule has 0 aliphatic carbocycles. The molecule has 1 aromatic heterocycles. The topological polar surface area (TPSA) is 99.2 Å². The van der Waals surface area contributed by atoms with Crippen LogP contribution >= 0.6 is 0 Å². The summed E-state index contributed by atoms with van der Waals surface area (Å²) in [5, 5.41) is 21.9. The Balaban J connectivity index is 1.84. The molecule has 7 heteroatoms. The zero-order valence-corrected chi connectivity index (χ0v) is 15.6. The van der Waals surface area contributed by atoms with Crippen LogP contribution in [0.4, 0.5) is 11.4 Å². The summed E-state index contributed by atoms with van der Waals surface area (Å²) in [6, 6.07) is 26.0. The number of aromatic nitrogens is 1. The van der Waals surface area contributed by atoms with Gasteiger partial charge >= 0.3 is 0 Å². The first-order chi connectivity index (χ1) is 14.5.